The minimum absolute atomic E-state index is 0.295. The van der Waals surface area contributed by atoms with Crippen molar-refractivity contribution in [2.45, 2.75) is 71.3 Å². The van der Waals surface area contributed by atoms with Crippen molar-refractivity contribution in [3.63, 3.8) is 0 Å². The average molecular weight is 867 g/mol. The molecule has 0 heterocycles. The van der Waals surface area contributed by atoms with Crippen molar-refractivity contribution >= 4 is 20.1 Å². The Kier molecular flexibility index (Phi) is 13.9. The van der Waals surface area contributed by atoms with Crippen LogP contribution in [0.5, 0.6) is 0 Å². The van der Waals surface area contributed by atoms with E-state index in [0.29, 0.717) is 0 Å². The Balaban J connectivity index is 7.40. The van der Waals surface area contributed by atoms with Crippen molar-refractivity contribution < 1.29 is 128 Å². The van der Waals surface area contributed by atoms with Crippen molar-refractivity contribution in [2.24, 2.45) is 0 Å². The summed E-state index contributed by atoms with van der Waals surface area (Å²) in [5.74, 6) is -75.8. The first-order valence-corrected chi connectivity index (χ1v) is 15.8. The average Bonchev–Trinajstić information content (AvgIpc) is 2.89. The van der Waals surface area contributed by atoms with Gasteiger partial charge in [0.1, 0.15) is 6.54 Å². The van der Waals surface area contributed by atoms with E-state index in [0.717, 1.165) is 0 Å². The normalized spacial score (nSPS) is 16.8. The lowest BCUT2D eigenvalue weighted by Crippen LogP contribution is -2.77. The molecule has 0 aromatic heterocycles. The van der Waals surface area contributed by atoms with E-state index in [4.69, 9.17) is 5.11 Å². The Morgan fingerprint density at radius 2 is 0.923 bits per heavy atom. The Labute approximate surface area is 277 Å². The van der Waals surface area contributed by atoms with Gasteiger partial charge in [0, 0.05) is 19.5 Å². The quantitative estimate of drug-likeness (QED) is 0.106. The molecule has 2 N–H and O–H groups in total. The molecule has 0 rings (SSSR count). The smallest absolute Gasteiger partial charge is 0.460 e. The summed E-state index contributed by atoms with van der Waals surface area (Å²) in [4.78, 5) is 0. The topological polar surface area (TPSA) is 135 Å². The van der Waals surface area contributed by atoms with Crippen LogP contribution in [0.25, 0.3) is 0 Å². The highest BCUT2D eigenvalue weighted by molar-refractivity contribution is 7.90. The number of hydrogen-bond donors (Lipinski definition) is 2. The van der Waals surface area contributed by atoms with Crippen LogP contribution in [0.15, 0.2) is 0 Å². The summed E-state index contributed by atoms with van der Waals surface area (Å²) in [7, 11) is -11.4. The van der Waals surface area contributed by atoms with Crippen molar-refractivity contribution in [1.82, 2.24) is 4.31 Å². The molecule has 9 nitrogen and oxygen atoms in total. The Bertz CT molecular complexity index is 1470. The minimum atomic E-state index is -9.52. The minimum Gasteiger partial charge on any atom is -0.748 e. The van der Waals surface area contributed by atoms with Crippen LogP contribution in [-0.4, -0.2) is 158 Å². The van der Waals surface area contributed by atoms with E-state index in [1.807, 2.05) is 0 Å². The summed E-state index contributed by atoms with van der Waals surface area (Å²) < 4.78 is 344. The molecule has 0 fully saturated rings. The molecule has 0 radical (unpaired) electrons. The van der Waals surface area contributed by atoms with Crippen LogP contribution in [0.1, 0.15) is 6.42 Å². The molecule has 1 unspecified atom stereocenters. The largest absolute Gasteiger partial charge is 0.748 e. The molecule has 0 amide bonds. The summed E-state index contributed by atoms with van der Waals surface area (Å²) >= 11 is 0. The summed E-state index contributed by atoms with van der Waals surface area (Å²) in [6.45, 7) is -5.76. The molecule has 0 saturated heterocycles. The molecule has 0 bridgehead atoms. The van der Waals surface area contributed by atoms with Crippen molar-refractivity contribution in [1.29, 1.82) is 0 Å². The number of quaternary nitrogens is 1. The van der Waals surface area contributed by atoms with Crippen molar-refractivity contribution in [3.05, 3.63) is 0 Å². The summed E-state index contributed by atoms with van der Waals surface area (Å²) in [5.41, 5.74) is 0. The SMILES string of the molecule is C[N+](C)(CCO)CCCN(CC(O)CS(=O)(=O)[O-])S(=O)(=O)C(F)(F)C(F)(F)C(F)(F)C(F)(F)C(F)(F)C(F)(F)C(F)(F)C(F)(F)C(F)(F)C(F)(F)F. The summed E-state index contributed by atoms with van der Waals surface area (Å²) in [5, 5.41) is 10.4. The second kappa shape index (κ2) is 14.4. The molecule has 0 aliphatic rings. The lowest BCUT2D eigenvalue weighted by Gasteiger charge is -2.44. The van der Waals surface area contributed by atoms with E-state index in [9.17, 15) is 119 Å². The van der Waals surface area contributed by atoms with Crippen LogP contribution in [0.2, 0.25) is 0 Å². The number of halogens is 21. The van der Waals surface area contributed by atoms with Gasteiger partial charge in [-0.05, 0) is 0 Å². The first-order valence-electron chi connectivity index (χ1n) is 12.8. The predicted molar refractivity (Wildman–Crippen MR) is 125 cm³/mol. The third-order valence-electron chi connectivity index (χ3n) is 6.83. The number of sulfonamides is 1. The zero-order valence-electron chi connectivity index (χ0n) is 25.1. The third-order valence-corrected chi connectivity index (χ3v) is 9.54. The molecule has 0 aliphatic carbocycles. The monoisotopic (exact) mass is 866 g/mol. The Hall–Kier alpha value is -1.77. The highest BCUT2D eigenvalue weighted by atomic mass is 32.2. The van der Waals surface area contributed by atoms with E-state index in [1.165, 1.54) is 14.1 Å². The maximum absolute atomic E-state index is 14.8. The van der Waals surface area contributed by atoms with Crippen LogP contribution in [0.4, 0.5) is 92.2 Å². The zero-order chi connectivity index (χ0) is 42.6. The van der Waals surface area contributed by atoms with Gasteiger partial charge in [0.25, 0.3) is 10.0 Å². The van der Waals surface area contributed by atoms with Gasteiger partial charge in [-0.25, -0.2) is 16.8 Å². The van der Waals surface area contributed by atoms with Gasteiger partial charge in [-0.1, -0.05) is 0 Å². The molecule has 0 aliphatic heterocycles. The highest BCUT2D eigenvalue weighted by Crippen LogP contribution is 2.66. The van der Waals surface area contributed by atoms with Crippen LogP contribution in [0.3, 0.4) is 0 Å². The molecular formula is C20H23F21N2O7S2. The van der Waals surface area contributed by atoms with Crippen molar-refractivity contribution in [3.8, 4) is 0 Å². The van der Waals surface area contributed by atoms with Gasteiger partial charge in [-0.2, -0.15) is 96.5 Å². The second-order valence-corrected chi connectivity index (χ2v) is 14.7. The number of aliphatic hydroxyl groups is 2. The second-order valence-electron chi connectivity index (χ2n) is 11.3. The van der Waals surface area contributed by atoms with Gasteiger partial charge < -0.3 is 19.2 Å². The number of aliphatic hydroxyl groups excluding tert-OH is 2. The van der Waals surface area contributed by atoms with Crippen LogP contribution in [0, 0.1) is 0 Å². The third kappa shape index (κ3) is 8.25. The molecule has 0 aromatic rings. The van der Waals surface area contributed by atoms with Crippen LogP contribution < -0.4 is 0 Å². The van der Waals surface area contributed by atoms with Crippen LogP contribution in [-0.2, 0) is 20.1 Å². The first-order chi connectivity index (χ1) is 22.3. The van der Waals surface area contributed by atoms with Gasteiger partial charge in [-0.3, -0.25) is 0 Å². The number of rotatable bonds is 20. The molecular weight excluding hydrogens is 843 g/mol. The maximum atomic E-state index is 14.8. The van der Waals surface area contributed by atoms with E-state index in [1.54, 1.807) is 0 Å². The van der Waals surface area contributed by atoms with E-state index < -0.39 is 132 Å². The summed E-state index contributed by atoms with van der Waals surface area (Å²) in [6.07, 6.45) is -12.3. The number of hydrogen-bond acceptors (Lipinski definition) is 7. The predicted octanol–water partition coefficient (Wildman–Crippen LogP) is 4.22. The number of likely N-dealkylation sites (N-methyl/N-ethyl adjacent to an activating group) is 1. The van der Waals surface area contributed by atoms with Crippen LogP contribution >= 0.6 is 0 Å². The highest BCUT2D eigenvalue weighted by Gasteiger charge is 2.98. The van der Waals surface area contributed by atoms with E-state index in [2.05, 4.69) is 0 Å². The van der Waals surface area contributed by atoms with Gasteiger partial charge >= 0.3 is 58.8 Å². The molecule has 0 aromatic carbocycles. The van der Waals surface area contributed by atoms with E-state index in [-0.39, 0.29) is 6.54 Å². The molecule has 1 atom stereocenters. The molecule has 314 valence electrons. The van der Waals surface area contributed by atoms with Gasteiger partial charge in [0.05, 0.1) is 49.2 Å². The Morgan fingerprint density at radius 1 is 0.596 bits per heavy atom. The number of alkyl halides is 21. The van der Waals surface area contributed by atoms with E-state index >= 15 is 0 Å². The number of nitrogens with zero attached hydrogens (tertiary/aromatic N) is 2. The fourth-order valence-electron chi connectivity index (χ4n) is 3.76. The summed E-state index contributed by atoms with van der Waals surface area (Å²) in [6, 6.07) is 0. The maximum Gasteiger partial charge on any atom is 0.460 e. The zero-order valence-corrected chi connectivity index (χ0v) is 26.7. The first kappa shape index (κ1) is 50.2. The standard InChI is InChI=1S/C20H23F21N2O7S2/c1-43(2,6-7-44)5-3-4-42(8-10(45)9-51(46,47)48)52(49,50)20(40,41)18(35,36)16(31,32)14(27,28)12(23,24)11(21,22)13(25,26)15(29,30)17(33,34)19(37,38)39/h10,44-45H,3-9H2,1-2H3. The molecule has 52 heavy (non-hydrogen) atoms. The molecule has 32 heteroatoms. The van der Waals surface area contributed by atoms with Gasteiger partial charge in [-0.15, -0.1) is 0 Å². The van der Waals surface area contributed by atoms with Gasteiger partial charge in [0.2, 0.25) is 0 Å². The fourth-order valence-corrected chi connectivity index (χ4v) is 5.85. The Morgan fingerprint density at radius 3 is 1.23 bits per heavy atom. The lowest BCUT2D eigenvalue weighted by atomic mass is 9.87. The van der Waals surface area contributed by atoms with Crippen molar-refractivity contribution in [2.75, 3.05) is 52.6 Å². The molecule has 0 saturated carbocycles. The van der Waals surface area contributed by atoms with Gasteiger partial charge in [0.15, 0.2) is 0 Å². The fraction of sp³-hybridized carbons (Fsp3) is 1.00. The lowest BCUT2D eigenvalue weighted by molar-refractivity contribution is -0.890. The molecule has 0 spiro atoms.